The fourth-order valence-electron chi connectivity index (χ4n) is 2.45. The van der Waals surface area contributed by atoms with Crippen molar-refractivity contribution in [3.8, 4) is 0 Å². The third-order valence-corrected chi connectivity index (χ3v) is 3.89. The molecule has 0 amide bonds. The van der Waals surface area contributed by atoms with E-state index < -0.39 is 0 Å². The molecule has 2 N–H and O–H groups in total. The lowest BCUT2D eigenvalue weighted by atomic mass is 10.4. The normalized spacial score (nSPS) is 11.4. The molecule has 0 saturated heterocycles. The van der Waals surface area contributed by atoms with Crippen LogP contribution < -0.4 is 10.6 Å². The molecule has 3 heterocycles. The molecule has 0 aromatic carbocycles. The predicted octanol–water partition coefficient (Wildman–Crippen LogP) is 2.73. The molecule has 3 aromatic rings. The summed E-state index contributed by atoms with van der Waals surface area (Å²) in [6, 6.07) is 6.07. The van der Waals surface area contributed by atoms with Gasteiger partial charge in [0.25, 0.3) is 0 Å². The van der Waals surface area contributed by atoms with E-state index in [0.29, 0.717) is 24.9 Å². The second-order valence-corrected chi connectivity index (χ2v) is 5.66. The van der Waals surface area contributed by atoms with E-state index in [9.17, 15) is 0 Å². The standard InChI is InChI=1S/C17H22N6O.HI/c1-11-6-5-7-15-22-14(10-23(11)15)8-19-17(18-4)20-9-16-21-12(2)13(3)24-16;/h5-7,10H,8-9H2,1-4H3,(H2,18,19,20);1H. The zero-order valence-corrected chi connectivity index (χ0v) is 17.2. The Hall–Kier alpha value is -2.10. The van der Waals surface area contributed by atoms with E-state index in [0.717, 1.165) is 28.5 Å². The monoisotopic (exact) mass is 454 g/mol. The first kappa shape index (κ1) is 19.2. The van der Waals surface area contributed by atoms with Crippen LogP contribution in [0.2, 0.25) is 0 Å². The summed E-state index contributed by atoms with van der Waals surface area (Å²) in [6.07, 6.45) is 2.03. The lowest BCUT2D eigenvalue weighted by Gasteiger charge is -2.09. The molecule has 0 saturated carbocycles. The Bertz CT molecular complexity index is 863. The summed E-state index contributed by atoms with van der Waals surface area (Å²) in [5.74, 6) is 2.17. The smallest absolute Gasteiger partial charge is 0.214 e. The number of imidazole rings is 1. The van der Waals surface area contributed by atoms with Gasteiger partial charge in [0.15, 0.2) is 5.96 Å². The van der Waals surface area contributed by atoms with Gasteiger partial charge < -0.3 is 19.5 Å². The Kier molecular flexibility index (Phi) is 6.40. The zero-order chi connectivity index (χ0) is 17.1. The highest BCUT2D eigenvalue weighted by atomic mass is 127. The van der Waals surface area contributed by atoms with Crippen molar-refractivity contribution in [2.45, 2.75) is 33.9 Å². The zero-order valence-electron chi connectivity index (χ0n) is 14.8. The maximum Gasteiger partial charge on any atom is 0.214 e. The maximum atomic E-state index is 5.55. The first-order chi connectivity index (χ1) is 11.6. The molecule has 0 unspecified atom stereocenters. The molecule has 0 spiro atoms. The number of hydrogen-bond donors (Lipinski definition) is 2. The van der Waals surface area contributed by atoms with E-state index in [1.54, 1.807) is 7.05 Å². The third kappa shape index (κ3) is 4.50. The van der Waals surface area contributed by atoms with Crippen LogP contribution in [0.3, 0.4) is 0 Å². The van der Waals surface area contributed by atoms with Crippen LogP contribution >= 0.6 is 24.0 Å². The minimum Gasteiger partial charge on any atom is -0.444 e. The summed E-state index contributed by atoms with van der Waals surface area (Å²) in [7, 11) is 1.73. The summed E-state index contributed by atoms with van der Waals surface area (Å²) in [6.45, 7) is 6.97. The van der Waals surface area contributed by atoms with Crippen molar-refractivity contribution in [3.63, 3.8) is 0 Å². The third-order valence-electron chi connectivity index (χ3n) is 3.89. The molecule has 0 aliphatic carbocycles. The van der Waals surface area contributed by atoms with E-state index in [4.69, 9.17) is 4.42 Å². The Morgan fingerprint density at radius 3 is 2.56 bits per heavy atom. The fraction of sp³-hybridized carbons (Fsp3) is 0.353. The maximum absolute atomic E-state index is 5.55. The van der Waals surface area contributed by atoms with Crippen LogP contribution in [0.15, 0.2) is 33.8 Å². The summed E-state index contributed by atoms with van der Waals surface area (Å²) < 4.78 is 7.63. The number of halogens is 1. The number of aliphatic imine (C=N–C) groups is 1. The number of nitrogens with zero attached hydrogens (tertiary/aromatic N) is 4. The SMILES string of the molecule is CN=C(NCc1cn2c(C)cccc2n1)NCc1nc(C)c(C)o1.I. The number of guanidine groups is 1. The van der Waals surface area contributed by atoms with Crippen LogP contribution in [-0.2, 0) is 13.1 Å². The number of hydrogen-bond acceptors (Lipinski definition) is 4. The molecule has 0 radical (unpaired) electrons. The van der Waals surface area contributed by atoms with Gasteiger partial charge >= 0.3 is 0 Å². The van der Waals surface area contributed by atoms with Gasteiger partial charge in [-0.25, -0.2) is 9.97 Å². The number of rotatable bonds is 4. The van der Waals surface area contributed by atoms with Gasteiger partial charge in [0, 0.05) is 18.9 Å². The highest BCUT2D eigenvalue weighted by molar-refractivity contribution is 14.0. The number of fused-ring (bicyclic) bond motifs is 1. The van der Waals surface area contributed by atoms with Crippen molar-refractivity contribution >= 4 is 35.6 Å². The van der Waals surface area contributed by atoms with Gasteiger partial charge in [-0.3, -0.25) is 4.99 Å². The van der Waals surface area contributed by atoms with Gasteiger partial charge in [0.05, 0.1) is 24.5 Å². The Balaban J connectivity index is 0.00000225. The number of pyridine rings is 1. The van der Waals surface area contributed by atoms with Crippen LogP contribution in [0.1, 0.15) is 28.7 Å². The molecule has 0 aliphatic rings. The molecule has 3 rings (SSSR count). The minimum absolute atomic E-state index is 0. The van der Waals surface area contributed by atoms with Gasteiger partial charge in [-0.15, -0.1) is 24.0 Å². The van der Waals surface area contributed by atoms with Gasteiger partial charge in [0.2, 0.25) is 5.89 Å². The highest BCUT2D eigenvalue weighted by Crippen LogP contribution is 2.09. The quantitative estimate of drug-likeness (QED) is 0.360. The largest absolute Gasteiger partial charge is 0.444 e. The van der Waals surface area contributed by atoms with Crippen molar-refractivity contribution in [1.29, 1.82) is 0 Å². The molecule has 134 valence electrons. The van der Waals surface area contributed by atoms with E-state index >= 15 is 0 Å². The summed E-state index contributed by atoms with van der Waals surface area (Å²) in [4.78, 5) is 13.2. The topological polar surface area (TPSA) is 79.8 Å². The highest BCUT2D eigenvalue weighted by Gasteiger charge is 2.07. The van der Waals surface area contributed by atoms with Crippen molar-refractivity contribution in [3.05, 3.63) is 53.1 Å². The van der Waals surface area contributed by atoms with Crippen LogP contribution in [0.4, 0.5) is 0 Å². The second-order valence-electron chi connectivity index (χ2n) is 5.66. The van der Waals surface area contributed by atoms with Gasteiger partial charge in [-0.05, 0) is 32.9 Å². The molecule has 0 bridgehead atoms. The Labute approximate surface area is 164 Å². The second kappa shape index (κ2) is 8.32. The van der Waals surface area contributed by atoms with Crippen molar-refractivity contribution in [1.82, 2.24) is 25.0 Å². The Morgan fingerprint density at radius 1 is 1.16 bits per heavy atom. The summed E-state index contributed by atoms with van der Waals surface area (Å²) in [5, 5.41) is 6.44. The molecule has 0 aliphatic heterocycles. The van der Waals surface area contributed by atoms with Crippen LogP contribution in [0.5, 0.6) is 0 Å². The molecule has 8 heteroatoms. The van der Waals surface area contributed by atoms with E-state index in [2.05, 4.69) is 43.0 Å². The predicted molar refractivity (Wildman–Crippen MR) is 108 cm³/mol. The minimum atomic E-state index is 0. The lowest BCUT2D eigenvalue weighted by Crippen LogP contribution is -2.36. The van der Waals surface area contributed by atoms with Gasteiger partial charge in [-0.1, -0.05) is 6.07 Å². The first-order valence-corrected chi connectivity index (χ1v) is 7.88. The summed E-state index contributed by atoms with van der Waals surface area (Å²) >= 11 is 0. The van der Waals surface area contributed by atoms with Crippen molar-refractivity contribution in [2.24, 2.45) is 4.99 Å². The van der Waals surface area contributed by atoms with Gasteiger partial charge in [-0.2, -0.15) is 0 Å². The van der Waals surface area contributed by atoms with E-state index in [1.165, 1.54) is 0 Å². The van der Waals surface area contributed by atoms with Crippen LogP contribution in [-0.4, -0.2) is 27.4 Å². The average molecular weight is 454 g/mol. The van der Waals surface area contributed by atoms with Crippen LogP contribution in [0.25, 0.3) is 5.65 Å². The van der Waals surface area contributed by atoms with E-state index in [-0.39, 0.29) is 24.0 Å². The van der Waals surface area contributed by atoms with Crippen molar-refractivity contribution in [2.75, 3.05) is 7.05 Å². The van der Waals surface area contributed by atoms with Crippen molar-refractivity contribution < 1.29 is 4.42 Å². The Morgan fingerprint density at radius 2 is 1.92 bits per heavy atom. The molecule has 7 nitrogen and oxygen atoms in total. The molecule has 3 aromatic heterocycles. The molecule has 25 heavy (non-hydrogen) atoms. The van der Waals surface area contributed by atoms with Crippen LogP contribution in [0, 0.1) is 20.8 Å². The molecule has 0 fully saturated rings. The average Bonchev–Trinajstić information content (AvgIpc) is 3.12. The molecular formula is C17H23IN6O. The number of oxazole rings is 1. The van der Waals surface area contributed by atoms with E-state index in [1.807, 2.05) is 32.2 Å². The number of nitrogens with one attached hydrogen (secondary N) is 2. The molecule has 0 atom stereocenters. The first-order valence-electron chi connectivity index (χ1n) is 7.88. The fourth-order valence-corrected chi connectivity index (χ4v) is 2.45. The van der Waals surface area contributed by atoms with Gasteiger partial charge in [0.1, 0.15) is 11.4 Å². The molecular weight excluding hydrogens is 431 g/mol. The number of aromatic nitrogens is 3. The number of aryl methyl sites for hydroxylation is 3. The summed E-state index contributed by atoms with van der Waals surface area (Å²) in [5.41, 5.74) is 3.97. The lowest BCUT2D eigenvalue weighted by molar-refractivity contribution is 0.463.